The topological polar surface area (TPSA) is 107 Å². The lowest BCUT2D eigenvalue weighted by Crippen LogP contribution is -2.99. The number of nitrogens with zero attached hydrogens (tertiary/aromatic N) is 2. The van der Waals surface area contributed by atoms with Crippen molar-refractivity contribution < 1.29 is 15.2 Å². The first-order chi connectivity index (χ1) is 12.9. The number of carbonyl (C=O) groups excluding carboxylic acids is 1. The van der Waals surface area contributed by atoms with Gasteiger partial charge in [-0.15, -0.1) is 0 Å². The number of nitrogens with one attached hydrogen (secondary N) is 3. The Morgan fingerprint density at radius 1 is 1.37 bits per heavy atom. The Balaban J connectivity index is 1.86. The van der Waals surface area contributed by atoms with E-state index in [4.69, 9.17) is 0 Å². The van der Waals surface area contributed by atoms with E-state index in [1.54, 1.807) is 28.9 Å². The smallest absolute Gasteiger partial charge is 0.315 e. The van der Waals surface area contributed by atoms with Crippen molar-refractivity contribution in [2.75, 3.05) is 6.54 Å². The summed E-state index contributed by atoms with van der Waals surface area (Å²) in [7, 11) is 0. The fraction of sp³-hybridized carbons (Fsp3) is 0.368. The Labute approximate surface area is 158 Å². The summed E-state index contributed by atoms with van der Waals surface area (Å²) in [5, 5.41) is 30.3. The van der Waals surface area contributed by atoms with Gasteiger partial charge in [-0.3, -0.25) is 0 Å². The maximum atomic E-state index is 11.7. The van der Waals surface area contributed by atoms with E-state index in [0.717, 1.165) is 23.4 Å². The summed E-state index contributed by atoms with van der Waals surface area (Å²) in [6, 6.07) is 6.64. The molecule has 1 aromatic carbocycles. The van der Waals surface area contributed by atoms with Crippen molar-refractivity contribution in [3.05, 3.63) is 58.6 Å². The molecule has 1 aliphatic rings. The van der Waals surface area contributed by atoms with Gasteiger partial charge < -0.3 is 15.8 Å². The summed E-state index contributed by atoms with van der Waals surface area (Å²) in [6.45, 7) is 6.34. The van der Waals surface area contributed by atoms with Crippen LogP contribution in [-0.2, 0) is 0 Å². The van der Waals surface area contributed by atoms with E-state index >= 15 is 0 Å². The van der Waals surface area contributed by atoms with Crippen LogP contribution in [0.25, 0.3) is 5.69 Å². The SMILES string of the molecule is CCNC(=O)N[C@@H]1C=C[C@@H](c2c(C)nn(-c3ccccc3[NH+]([O-])O)c2C)C1. The Bertz CT molecular complexity index is 859. The fourth-order valence-corrected chi connectivity index (χ4v) is 3.67. The first-order valence-corrected chi connectivity index (χ1v) is 9.03. The molecule has 1 unspecified atom stereocenters. The van der Waals surface area contributed by atoms with Crippen LogP contribution in [-0.4, -0.2) is 33.6 Å². The summed E-state index contributed by atoms with van der Waals surface area (Å²) < 4.78 is 1.70. The summed E-state index contributed by atoms with van der Waals surface area (Å²) in [5.41, 5.74) is 3.62. The van der Waals surface area contributed by atoms with Crippen LogP contribution in [0, 0.1) is 19.1 Å². The maximum absolute atomic E-state index is 11.7. The van der Waals surface area contributed by atoms with Crippen molar-refractivity contribution in [1.29, 1.82) is 0 Å². The third-order valence-corrected chi connectivity index (χ3v) is 4.82. The number of allylic oxidation sites excluding steroid dienone is 1. The van der Waals surface area contributed by atoms with Crippen LogP contribution in [0.2, 0.25) is 0 Å². The highest BCUT2D eigenvalue weighted by Gasteiger charge is 2.27. The third-order valence-electron chi connectivity index (χ3n) is 4.82. The number of hydrogen-bond donors (Lipinski definition) is 4. The van der Waals surface area contributed by atoms with Gasteiger partial charge in [0.25, 0.3) is 0 Å². The molecule has 0 fully saturated rings. The molecule has 2 amide bonds. The Kier molecular flexibility index (Phi) is 5.59. The van der Waals surface area contributed by atoms with Gasteiger partial charge in [-0.05, 0) is 33.3 Å². The lowest BCUT2D eigenvalue weighted by atomic mass is 9.96. The Hall–Kier alpha value is -2.68. The molecule has 0 bridgehead atoms. The van der Waals surface area contributed by atoms with Gasteiger partial charge in [-0.2, -0.15) is 10.3 Å². The molecule has 0 aliphatic heterocycles. The van der Waals surface area contributed by atoms with Gasteiger partial charge in [0, 0.05) is 35.8 Å². The molecule has 1 aliphatic carbocycles. The molecule has 0 saturated heterocycles. The minimum absolute atomic E-state index is 0.0324. The number of quaternary nitrogens is 1. The average molecular weight is 371 g/mol. The molecular formula is C19H25N5O3. The van der Waals surface area contributed by atoms with Crippen LogP contribution >= 0.6 is 0 Å². The molecule has 144 valence electrons. The molecule has 0 spiro atoms. The zero-order valence-corrected chi connectivity index (χ0v) is 15.7. The lowest BCUT2D eigenvalue weighted by Gasteiger charge is -2.17. The highest BCUT2D eigenvalue weighted by atomic mass is 16.8. The molecule has 8 nitrogen and oxygen atoms in total. The van der Waals surface area contributed by atoms with E-state index in [0.29, 0.717) is 12.2 Å². The molecule has 1 aromatic heterocycles. The number of carbonyl (C=O) groups is 1. The highest BCUT2D eigenvalue weighted by Crippen LogP contribution is 2.34. The molecule has 4 N–H and O–H groups in total. The van der Waals surface area contributed by atoms with Crippen LogP contribution in [0.15, 0.2) is 36.4 Å². The van der Waals surface area contributed by atoms with E-state index in [1.165, 1.54) is 0 Å². The molecule has 3 atom stereocenters. The molecule has 0 radical (unpaired) electrons. The molecule has 3 rings (SSSR count). The van der Waals surface area contributed by atoms with Gasteiger partial charge in [-0.25, -0.2) is 14.7 Å². The van der Waals surface area contributed by atoms with Gasteiger partial charge in [0.2, 0.25) is 0 Å². The largest absolute Gasteiger partial charge is 0.595 e. The number of urea groups is 1. The molecule has 1 heterocycles. The minimum Gasteiger partial charge on any atom is -0.595 e. The summed E-state index contributed by atoms with van der Waals surface area (Å²) in [4.78, 5) is 11.7. The molecular weight excluding hydrogens is 346 g/mol. The number of rotatable bonds is 5. The normalized spacial score (nSPS) is 19.9. The lowest BCUT2D eigenvalue weighted by molar-refractivity contribution is -0.991. The van der Waals surface area contributed by atoms with Crippen molar-refractivity contribution in [2.24, 2.45) is 0 Å². The minimum atomic E-state index is -0.980. The first-order valence-electron chi connectivity index (χ1n) is 9.03. The number of aryl methyl sites for hydroxylation is 1. The maximum Gasteiger partial charge on any atom is 0.315 e. The number of benzene rings is 1. The van der Waals surface area contributed by atoms with Gasteiger partial charge in [0.05, 0.1) is 5.69 Å². The third kappa shape index (κ3) is 3.87. The van der Waals surface area contributed by atoms with Crippen LogP contribution in [0.4, 0.5) is 10.5 Å². The van der Waals surface area contributed by atoms with E-state index in [1.807, 2.05) is 26.8 Å². The standard InChI is InChI=1S/C19H25N5O3/c1-4-20-19(25)21-15-10-9-14(11-15)18-12(2)22-23(13(18)3)16-7-5-6-8-17(16)24(26)27/h5-10,14-15,24,26H,4,11H2,1-3H3,(H2,20,21,25)/t14-,15-/m1/s1. The number of amides is 2. The van der Waals surface area contributed by atoms with Crippen molar-refractivity contribution in [3.63, 3.8) is 0 Å². The van der Waals surface area contributed by atoms with E-state index in [-0.39, 0.29) is 23.7 Å². The zero-order valence-electron chi connectivity index (χ0n) is 15.7. The first kappa shape index (κ1) is 19.1. The van der Waals surface area contributed by atoms with E-state index < -0.39 is 5.23 Å². The van der Waals surface area contributed by atoms with E-state index in [2.05, 4.69) is 21.8 Å². The monoisotopic (exact) mass is 371 g/mol. The second-order valence-electron chi connectivity index (χ2n) is 6.66. The van der Waals surface area contributed by atoms with Crippen LogP contribution in [0.5, 0.6) is 0 Å². The summed E-state index contributed by atoms with van der Waals surface area (Å²) in [5.74, 6) is 0.127. The average Bonchev–Trinajstić information content (AvgIpc) is 3.18. The van der Waals surface area contributed by atoms with Crippen molar-refractivity contribution in [1.82, 2.24) is 20.4 Å². The quantitative estimate of drug-likeness (QED) is 0.473. The van der Waals surface area contributed by atoms with Gasteiger partial charge in [-0.1, -0.05) is 24.3 Å². The molecule has 27 heavy (non-hydrogen) atoms. The van der Waals surface area contributed by atoms with E-state index in [9.17, 15) is 15.2 Å². The number of hydrogen-bond acceptors (Lipinski definition) is 4. The van der Waals surface area contributed by atoms with Gasteiger partial charge in [0.1, 0.15) is 5.69 Å². The van der Waals surface area contributed by atoms with Gasteiger partial charge >= 0.3 is 6.03 Å². The van der Waals surface area contributed by atoms with Crippen molar-refractivity contribution in [2.45, 2.75) is 39.2 Å². The predicted octanol–water partition coefficient (Wildman–Crippen LogP) is 1.62. The summed E-state index contributed by atoms with van der Waals surface area (Å²) >= 11 is 0. The Morgan fingerprint density at radius 3 is 2.81 bits per heavy atom. The number of para-hydroxylation sites is 2. The second-order valence-corrected chi connectivity index (χ2v) is 6.66. The van der Waals surface area contributed by atoms with Crippen LogP contribution in [0.1, 0.15) is 36.2 Å². The van der Waals surface area contributed by atoms with Crippen molar-refractivity contribution in [3.8, 4) is 5.69 Å². The summed E-state index contributed by atoms with van der Waals surface area (Å²) in [6.07, 6.45) is 4.84. The Morgan fingerprint density at radius 2 is 2.11 bits per heavy atom. The molecule has 0 saturated carbocycles. The fourth-order valence-electron chi connectivity index (χ4n) is 3.67. The second kappa shape index (κ2) is 7.91. The molecule has 2 aromatic rings. The predicted molar refractivity (Wildman–Crippen MR) is 101 cm³/mol. The zero-order chi connectivity index (χ0) is 19.6. The van der Waals surface area contributed by atoms with Crippen LogP contribution < -0.4 is 15.9 Å². The highest BCUT2D eigenvalue weighted by molar-refractivity contribution is 5.74. The van der Waals surface area contributed by atoms with Crippen LogP contribution in [0.3, 0.4) is 0 Å². The van der Waals surface area contributed by atoms with Crippen molar-refractivity contribution >= 4 is 11.7 Å². The number of aromatic nitrogens is 2. The van der Waals surface area contributed by atoms with Gasteiger partial charge in [0.15, 0.2) is 5.69 Å². The molecule has 8 heteroatoms.